The molecule has 0 saturated carbocycles. The number of rotatable bonds is 0. The van der Waals surface area contributed by atoms with E-state index in [1.54, 1.807) is 0 Å². The molecule has 0 amide bonds. The zero-order valence-electron chi connectivity index (χ0n) is 5.46. The summed E-state index contributed by atoms with van der Waals surface area (Å²) in [6, 6.07) is 0. The Morgan fingerprint density at radius 1 is 1.08 bits per heavy atom. The van der Waals surface area contributed by atoms with Crippen LogP contribution in [0, 0.1) is 0 Å². The van der Waals surface area contributed by atoms with Crippen molar-refractivity contribution in [2.45, 2.75) is 0 Å². The van der Waals surface area contributed by atoms with E-state index in [0.29, 0.717) is 0 Å². The first kappa shape index (κ1) is 23.8. The van der Waals surface area contributed by atoms with Crippen molar-refractivity contribution in [1.82, 2.24) is 0 Å². The van der Waals surface area contributed by atoms with E-state index in [9.17, 15) is 0 Å². The Balaban J connectivity index is -0.0000000457. The third kappa shape index (κ3) is 295. The molecule has 0 aliphatic heterocycles. The fraction of sp³-hybridized carbons (Fsp3) is 0. The van der Waals surface area contributed by atoms with Gasteiger partial charge in [0.15, 0.2) is 0 Å². The number of hydrogen-bond donors (Lipinski definition) is 1. The predicted molar refractivity (Wildman–Crippen MR) is 21.3 cm³/mol. The maximum Gasteiger partial charge on any atom is 4.00 e. The van der Waals surface area contributed by atoms with E-state index in [-0.39, 0.29) is 63.9 Å². The molecule has 0 aromatic carbocycles. The van der Waals surface area contributed by atoms with Crippen LogP contribution in [0.15, 0.2) is 0 Å². The predicted octanol–water partition coefficient (Wildman–Crippen LogP) is -7.71. The molecule has 0 saturated heterocycles. The van der Waals surface area contributed by atoms with Crippen LogP contribution in [0.1, 0.15) is 0 Å². The molecule has 1 N–H and O–H groups in total. The molecule has 0 unspecified atom stereocenters. The Morgan fingerprint density at radius 2 is 1.08 bits per heavy atom. The van der Waals surface area contributed by atoms with Crippen LogP contribution in [0.25, 0.3) is 0 Å². The van der Waals surface area contributed by atoms with E-state index in [1.807, 2.05) is 0 Å². The molecule has 0 atom stereocenters. The van der Waals surface area contributed by atoms with Gasteiger partial charge in [0.25, 0.3) is 0 Å². The van der Waals surface area contributed by atoms with Crippen molar-refractivity contribution < 1.29 is 64.6 Å². The maximum absolute atomic E-state index is 8.69. The summed E-state index contributed by atoms with van der Waals surface area (Å²) in [5, 5.41) is 0. The number of hydrogen-bond acceptors (Lipinski definition) is 8. The minimum absolute atomic E-state index is 0. The summed E-state index contributed by atoms with van der Waals surface area (Å²) in [5.41, 5.74) is 0. The summed E-state index contributed by atoms with van der Waals surface area (Å²) in [6.45, 7) is 0. The van der Waals surface area contributed by atoms with Gasteiger partial charge in [-0.2, -0.15) is 7.82 Å². The van der Waals surface area contributed by atoms with E-state index in [1.165, 1.54) is 0 Å². The molecule has 0 fully saturated rings. The second-order valence-electron chi connectivity index (χ2n) is 0.971. The Hall–Kier alpha value is 2.31. The zero-order valence-corrected chi connectivity index (χ0v) is 12.0. The SMILES string of the molecule is O=P([O-])([O-])[O-].[Ca+2].[O-][Si]([O-])([O-])O.[Zr+4]. The third-order valence-electron chi connectivity index (χ3n) is 0. The fourth-order valence-electron chi connectivity index (χ4n) is 0. The first-order valence-corrected chi connectivity index (χ1v) is 4.70. The van der Waals surface area contributed by atoms with Crippen LogP contribution in [0.2, 0.25) is 0 Å². The molecule has 0 aliphatic rings. The molecule has 0 rings (SSSR count). The largest absolute Gasteiger partial charge is 4.00 e. The first-order valence-electron chi connectivity index (χ1n) is 1.57. The van der Waals surface area contributed by atoms with E-state index < -0.39 is 16.9 Å². The third-order valence-corrected chi connectivity index (χ3v) is 0. The molecule has 0 bridgehead atoms. The smallest absolute Gasteiger partial charge is 0.861 e. The average molecular weight is 319 g/mol. The summed E-state index contributed by atoms with van der Waals surface area (Å²) in [5.74, 6) is 0. The van der Waals surface area contributed by atoms with E-state index >= 15 is 0 Å². The van der Waals surface area contributed by atoms with Gasteiger partial charge in [0.2, 0.25) is 0 Å². The maximum atomic E-state index is 8.69. The van der Waals surface area contributed by atoms with Crippen molar-refractivity contribution in [2.24, 2.45) is 0 Å². The van der Waals surface area contributed by atoms with Gasteiger partial charge in [-0.3, -0.25) is 0 Å². The van der Waals surface area contributed by atoms with Gasteiger partial charge in [-0.1, -0.05) is 0 Å². The summed E-state index contributed by atoms with van der Waals surface area (Å²) >= 11 is 0. The zero-order chi connectivity index (χ0) is 9.00. The second kappa shape index (κ2) is 9.85. The van der Waals surface area contributed by atoms with Gasteiger partial charge in [-0.05, 0) is 0 Å². The summed E-state index contributed by atoms with van der Waals surface area (Å²) in [7, 11) is -10.8. The van der Waals surface area contributed by atoms with Crippen molar-refractivity contribution in [3.63, 3.8) is 0 Å². The molecule has 64 valence electrons. The first-order chi connectivity index (χ1) is 4.00. The fourth-order valence-corrected chi connectivity index (χ4v) is 0. The normalized spacial score (nSPS) is 9.92. The molecular weight excluding hydrogens is 318 g/mol. The molecule has 0 aromatic heterocycles. The van der Waals surface area contributed by atoms with E-state index in [2.05, 4.69) is 0 Å². The van der Waals surface area contributed by atoms with E-state index in [4.69, 9.17) is 38.4 Å². The quantitative estimate of drug-likeness (QED) is 0.338. The van der Waals surface area contributed by atoms with Crippen molar-refractivity contribution in [3.8, 4) is 0 Å². The van der Waals surface area contributed by atoms with Crippen LogP contribution in [0.3, 0.4) is 0 Å². The summed E-state index contributed by atoms with van der Waals surface area (Å²) in [6.07, 6.45) is 0. The van der Waals surface area contributed by atoms with Crippen LogP contribution >= 0.6 is 7.82 Å². The standard InChI is InChI=1S/Ca.H3O4P.HO4Si.Zr/c;2*1-5(2,3)4;/h;(H3,1,2,3,4);1H;/q+2;;-3;+4/p-3. The van der Waals surface area contributed by atoms with Crippen molar-refractivity contribution >= 4 is 54.6 Å². The van der Waals surface area contributed by atoms with Gasteiger partial charge in [-0.25, -0.2) is 0 Å². The van der Waals surface area contributed by atoms with Gasteiger partial charge < -0.3 is 38.4 Å². The molecule has 12 heavy (non-hydrogen) atoms. The van der Waals surface area contributed by atoms with Crippen LogP contribution in [0.4, 0.5) is 0 Å². The second-order valence-corrected chi connectivity index (χ2v) is 2.91. The average Bonchev–Trinajstić information content (AvgIpc) is 1.12. The summed E-state index contributed by atoms with van der Waals surface area (Å²) < 4.78 is 8.55. The molecule has 0 radical (unpaired) electrons. The van der Waals surface area contributed by atoms with Crippen LogP contribution in [-0.2, 0) is 30.8 Å². The van der Waals surface area contributed by atoms with Gasteiger partial charge in [-0.15, -0.1) is 9.05 Å². The molecule has 0 aliphatic carbocycles. The molecule has 12 heteroatoms. The Labute approximate surface area is 118 Å². The molecule has 0 aromatic rings. The van der Waals surface area contributed by atoms with Crippen molar-refractivity contribution in [3.05, 3.63) is 0 Å². The van der Waals surface area contributed by atoms with Gasteiger partial charge >= 0.3 is 63.9 Å². The Bertz CT molecular complexity index is 111. The number of phosphoric acid groups is 1. The van der Waals surface area contributed by atoms with Gasteiger partial charge in [0.1, 0.15) is 0 Å². The molecule has 8 nitrogen and oxygen atoms in total. The monoisotopic (exact) mass is 318 g/mol. The molecule has 0 heterocycles. The Morgan fingerprint density at radius 3 is 1.08 bits per heavy atom. The topological polar surface area (TPSA) is 176 Å². The van der Waals surface area contributed by atoms with Gasteiger partial charge in [0.05, 0.1) is 0 Å². The minimum atomic E-state index is -5.39. The van der Waals surface area contributed by atoms with Gasteiger partial charge in [0, 0.05) is 0 Å². The minimum Gasteiger partial charge on any atom is -0.861 e. The van der Waals surface area contributed by atoms with Crippen molar-refractivity contribution in [2.75, 3.05) is 0 Å². The Kier molecular flexibility index (Phi) is 19.6. The van der Waals surface area contributed by atoms with Crippen molar-refractivity contribution in [1.29, 1.82) is 0 Å². The molecule has 0 spiro atoms. The molecular formula is HCaO8PSiZr. The van der Waals surface area contributed by atoms with Crippen LogP contribution < -0.4 is 29.1 Å². The van der Waals surface area contributed by atoms with E-state index in [0.717, 1.165) is 0 Å². The summed E-state index contributed by atoms with van der Waals surface area (Å²) in [4.78, 5) is 58.7. The van der Waals surface area contributed by atoms with Crippen LogP contribution in [0.5, 0.6) is 0 Å². The van der Waals surface area contributed by atoms with Crippen LogP contribution in [-0.4, -0.2) is 51.6 Å².